The summed E-state index contributed by atoms with van der Waals surface area (Å²) >= 11 is 0. The highest BCUT2D eigenvalue weighted by Gasteiger charge is 2.22. The molecule has 0 aromatic heterocycles. The first-order chi connectivity index (χ1) is 6.84. The number of alkyl carbamates (subject to hydrolysis) is 1. The van der Waals surface area contributed by atoms with Gasteiger partial charge >= 0.3 is 6.09 Å². The van der Waals surface area contributed by atoms with E-state index in [1.807, 2.05) is 0 Å². The molecule has 2 aliphatic heterocycles. The van der Waals surface area contributed by atoms with Crippen molar-refractivity contribution < 1.29 is 9.53 Å². The maximum absolute atomic E-state index is 10.8. The molecule has 0 aromatic carbocycles. The molecule has 0 aliphatic carbocycles. The normalized spacial score (nSPS) is 28.6. The maximum atomic E-state index is 10.8. The summed E-state index contributed by atoms with van der Waals surface area (Å²) in [7, 11) is 0. The van der Waals surface area contributed by atoms with Gasteiger partial charge in [0.2, 0.25) is 0 Å². The number of nitrogens with one attached hydrogen (secondary N) is 1. The fourth-order valence-electron chi connectivity index (χ4n) is 2.10. The molecule has 4 heteroatoms. The smallest absolute Gasteiger partial charge is 0.407 e. The van der Waals surface area contributed by atoms with E-state index < -0.39 is 0 Å². The Morgan fingerprint density at radius 1 is 1.36 bits per heavy atom. The minimum Gasteiger partial charge on any atom is -0.447 e. The van der Waals surface area contributed by atoms with Gasteiger partial charge in [0, 0.05) is 6.54 Å². The number of likely N-dealkylation sites (tertiary alicyclic amines) is 1. The number of rotatable bonds is 3. The molecule has 0 spiro atoms. The van der Waals surface area contributed by atoms with E-state index in [0.717, 1.165) is 13.0 Å². The predicted octanol–water partition coefficient (Wildman–Crippen LogP) is 0.971. The van der Waals surface area contributed by atoms with Crippen LogP contribution in [0.5, 0.6) is 0 Å². The summed E-state index contributed by atoms with van der Waals surface area (Å²) in [5.41, 5.74) is 0. The van der Waals surface area contributed by atoms with Crippen molar-refractivity contribution in [2.45, 2.75) is 31.7 Å². The van der Waals surface area contributed by atoms with Gasteiger partial charge in [-0.2, -0.15) is 0 Å². The van der Waals surface area contributed by atoms with E-state index in [0.29, 0.717) is 6.61 Å². The van der Waals surface area contributed by atoms with Crippen LogP contribution in [-0.2, 0) is 4.74 Å². The number of carbonyl (C=O) groups is 1. The Bertz CT molecular complexity index is 202. The standard InChI is InChI=1S/C10H18N2O2/c13-10-11-9(8-14-10)4-7-12-5-2-1-3-6-12/h9H,1-8H2,(H,11,13). The summed E-state index contributed by atoms with van der Waals surface area (Å²) in [5, 5.41) is 2.81. The maximum Gasteiger partial charge on any atom is 0.407 e. The molecule has 1 unspecified atom stereocenters. The Morgan fingerprint density at radius 2 is 2.14 bits per heavy atom. The molecule has 1 atom stereocenters. The van der Waals surface area contributed by atoms with E-state index in [4.69, 9.17) is 4.74 Å². The number of amides is 1. The van der Waals surface area contributed by atoms with E-state index in [-0.39, 0.29) is 12.1 Å². The molecular weight excluding hydrogens is 180 g/mol. The molecule has 2 heterocycles. The van der Waals surface area contributed by atoms with Gasteiger partial charge < -0.3 is 15.0 Å². The van der Waals surface area contributed by atoms with Crippen LogP contribution in [0, 0.1) is 0 Å². The molecule has 2 rings (SSSR count). The first-order valence-electron chi connectivity index (χ1n) is 5.50. The first kappa shape index (κ1) is 9.77. The lowest BCUT2D eigenvalue weighted by atomic mass is 10.1. The Kier molecular flexibility index (Phi) is 3.24. The molecule has 2 saturated heterocycles. The highest BCUT2D eigenvalue weighted by atomic mass is 16.6. The number of hydrogen-bond donors (Lipinski definition) is 1. The SMILES string of the molecule is O=C1NC(CCN2CCCCC2)CO1. The van der Waals surface area contributed by atoms with Gasteiger partial charge in [-0.25, -0.2) is 4.79 Å². The van der Waals surface area contributed by atoms with Crippen LogP contribution in [0.3, 0.4) is 0 Å². The van der Waals surface area contributed by atoms with Crippen LogP contribution in [-0.4, -0.2) is 43.3 Å². The van der Waals surface area contributed by atoms with Gasteiger partial charge in [-0.3, -0.25) is 0 Å². The van der Waals surface area contributed by atoms with Crippen molar-refractivity contribution in [3.05, 3.63) is 0 Å². The lowest BCUT2D eigenvalue weighted by Gasteiger charge is -2.26. The monoisotopic (exact) mass is 198 g/mol. The largest absolute Gasteiger partial charge is 0.447 e. The minimum absolute atomic E-state index is 0.240. The van der Waals surface area contributed by atoms with Gasteiger partial charge in [-0.05, 0) is 32.4 Å². The van der Waals surface area contributed by atoms with E-state index >= 15 is 0 Å². The van der Waals surface area contributed by atoms with Gasteiger partial charge in [0.1, 0.15) is 6.61 Å². The molecule has 0 aromatic rings. The van der Waals surface area contributed by atoms with Crippen LogP contribution < -0.4 is 5.32 Å². The van der Waals surface area contributed by atoms with E-state index in [1.54, 1.807) is 0 Å². The Morgan fingerprint density at radius 3 is 2.79 bits per heavy atom. The third kappa shape index (κ3) is 2.61. The average Bonchev–Trinajstić information content (AvgIpc) is 2.63. The van der Waals surface area contributed by atoms with E-state index in [9.17, 15) is 4.79 Å². The summed E-state index contributed by atoms with van der Waals surface area (Å²) in [4.78, 5) is 13.2. The highest BCUT2D eigenvalue weighted by molar-refractivity contribution is 5.69. The quantitative estimate of drug-likeness (QED) is 0.734. The van der Waals surface area contributed by atoms with Crippen LogP contribution in [0.1, 0.15) is 25.7 Å². The topological polar surface area (TPSA) is 41.6 Å². The molecule has 14 heavy (non-hydrogen) atoms. The molecule has 0 bridgehead atoms. The predicted molar refractivity (Wildman–Crippen MR) is 53.2 cm³/mol. The first-order valence-corrected chi connectivity index (χ1v) is 5.50. The van der Waals surface area contributed by atoms with Crippen molar-refractivity contribution >= 4 is 6.09 Å². The molecular formula is C10H18N2O2. The van der Waals surface area contributed by atoms with Gasteiger partial charge in [-0.1, -0.05) is 6.42 Å². The van der Waals surface area contributed by atoms with Crippen LogP contribution >= 0.6 is 0 Å². The van der Waals surface area contributed by atoms with Crippen LogP contribution in [0.4, 0.5) is 4.79 Å². The summed E-state index contributed by atoms with van der Waals surface area (Å²) in [5.74, 6) is 0. The van der Waals surface area contributed by atoms with Gasteiger partial charge in [-0.15, -0.1) is 0 Å². The number of hydrogen-bond acceptors (Lipinski definition) is 3. The number of piperidine rings is 1. The number of cyclic esters (lactones) is 1. The molecule has 0 radical (unpaired) electrons. The third-order valence-electron chi connectivity index (χ3n) is 2.98. The van der Waals surface area contributed by atoms with Crippen molar-refractivity contribution in [3.63, 3.8) is 0 Å². The van der Waals surface area contributed by atoms with Crippen molar-refractivity contribution in [1.29, 1.82) is 0 Å². The summed E-state index contributed by atoms with van der Waals surface area (Å²) in [6.07, 6.45) is 4.79. The average molecular weight is 198 g/mol. The second-order valence-electron chi connectivity index (χ2n) is 4.13. The molecule has 80 valence electrons. The third-order valence-corrected chi connectivity index (χ3v) is 2.98. The Hall–Kier alpha value is -0.770. The lowest BCUT2D eigenvalue weighted by Crippen LogP contribution is -2.35. The summed E-state index contributed by atoms with van der Waals surface area (Å²) in [6.45, 7) is 4.09. The molecule has 1 N–H and O–H groups in total. The molecule has 4 nitrogen and oxygen atoms in total. The fourth-order valence-corrected chi connectivity index (χ4v) is 2.10. The number of nitrogens with zero attached hydrogens (tertiary/aromatic N) is 1. The van der Waals surface area contributed by atoms with Crippen LogP contribution in [0.2, 0.25) is 0 Å². The Labute approximate surface area is 84.6 Å². The minimum atomic E-state index is -0.256. The van der Waals surface area contributed by atoms with Crippen molar-refractivity contribution in [2.24, 2.45) is 0 Å². The van der Waals surface area contributed by atoms with Crippen molar-refractivity contribution in [1.82, 2.24) is 10.2 Å². The summed E-state index contributed by atoms with van der Waals surface area (Å²) < 4.78 is 4.84. The highest BCUT2D eigenvalue weighted by Crippen LogP contribution is 2.10. The van der Waals surface area contributed by atoms with Gasteiger partial charge in [0.15, 0.2) is 0 Å². The van der Waals surface area contributed by atoms with Gasteiger partial charge in [0.25, 0.3) is 0 Å². The van der Waals surface area contributed by atoms with Crippen molar-refractivity contribution in [3.8, 4) is 0 Å². The second-order valence-corrected chi connectivity index (χ2v) is 4.13. The molecule has 0 saturated carbocycles. The van der Waals surface area contributed by atoms with E-state index in [1.165, 1.54) is 32.4 Å². The zero-order valence-corrected chi connectivity index (χ0v) is 8.50. The van der Waals surface area contributed by atoms with Crippen LogP contribution in [0.25, 0.3) is 0 Å². The summed E-state index contributed by atoms with van der Waals surface area (Å²) in [6, 6.07) is 0.240. The fraction of sp³-hybridized carbons (Fsp3) is 0.900. The second kappa shape index (κ2) is 4.64. The van der Waals surface area contributed by atoms with Gasteiger partial charge in [0.05, 0.1) is 6.04 Å². The zero-order chi connectivity index (χ0) is 9.80. The zero-order valence-electron chi connectivity index (χ0n) is 8.50. The number of carbonyl (C=O) groups excluding carboxylic acids is 1. The van der Waals surface area contributed by atoms with Crippen molar-refractivity contribution in [2.75, 3.05) is 26.2 Å². The van der Waals surface area contributed by atoms with E-state index in [2.05, 4.69) is 10.2 Å². The molecule has 1 amide bonds. The van der Waals surface area contributed by atoms with Crippen LogP contribution in [0.15, 0.2) is 0 Å². The molecule has 2 fully saturated rings. The lowest BCUT2D eigenvalue weighted by molar-refractivity contribution is 0.175. The number of ether oxygens (including phenoxy) is 1. The molecule has 2 aliphatic rings. The Balaban J connectivity index is 1.63.